The molecule has 0 aromatic heterocycles. The summed E-state index contributed by atoms with van der Waals surface area (Å²) in [6.07, 6.45) is 6.78. The van der Waals surface area contributed by atoms with E-state index in [1.807, 2.05) is 63.2 Å². The summed E-state index contributed by atoms with van der Waals surface area (Å²) < 4.78 is 0. The van der Waals surface area contributed by atoms with Crippen molar-refractivity contribution < 1.29 is 33.6 Å². The van der Waals surface area contributed by atoms with Crippen LogP contribution in [0.3, 0.4) is 0 Å². The Labute approximate surface area is 444 Å². The minimum Gasteiger partial charge on any atom is -0.348 e. The Morgan fingerprint density at radius 2 is 1.24 bits per heavy atom. The predicted octanol–water partition coefficient (Wildman–Crippen LogP) is 4.13. The molecule has 9 atom stereocenters. The average Bonchev–Trinajstić information content (AvgIpc) is 3.97. The number of hydrogen-bond acceptors (Lipinski definition) is 9. The molecule has 0 unspecified atom stereocenters. The van der Waals surface area contributed by atoms with Gasteiger partial charge >= 0.3 is 0 Å². The van der Waals surface area contributed by atoms with E-state index in [0.717, 1.165) is 55.2 Å². The molecule has 0 bridgehead atoms. The number of nitrogens with one attached hydrogen (secondary N) is 7. The van der Waals surface area contributed by atoms with E-state index >= 15 is 0 Å². The number of aryl methyl sites for hydroxylation is 3. The van der Waals surface area contributed by atoms with E-state index in [4.69, 9.17) is 0 Å². The number of carbonyl (C=O) groups excluding carboxylic acids is 7. The summed E-state index contributed by atoms with van der Waals surface area (Å²) in [5.41, 5.74) is 5.38. The molecule has 7 amide bonds. The van der Waals surface area contributed by atoms with Crippen LogP contribution in [0.15, 0.2) is 72.8 Å². The predicted molar refractivity (Wildman–Crippen MR) is 292 cm³/mol. The zero-order valence-corrected chi connectivity index (χ0v) is 46.4. The molecular weight excluding hydrogens is 963 g/mol. The van der Waals surface area contributed by atoms with Crippen LogP contribution in [0, 0.1) is 17.3 Å². The van der Waals surface area contributed by atoms with Gasteiger partial charge in [0, 0.05) is 30.2 Å². The Morgan fingerprint density at radius 1 is 0.693 bits per heavy atom. The van der Waals surface area contributed by atoms with Gasteiger partial charge in [-0.25, -0.2) is 0 Å². The lowest BCUT2D eigenvalue weighted by Gasteiger charge is -2.36. The zero-order chi connectivity index (χ0) is 54.2. The SMILES string of the molecule is CN[C@@H](C)C(=O)N[C@@H](CCc1ccc(C#CC(=O)N[C@H]2C[C@@H](C(=O)N[C@@H]3CCCc4ccccc43)N(C(=O)[C@@H](NC(=O)[C@H](C)NC)C(C)(C)C)C2)cc1)C(=O)N1C[Si](C)(C)C[C@H]1C(=O)N[C@@H]1CCCc2ccccc21. The van der Waals surface area contributed by atoms with Crippen molar-refractivity contribution in [2.24, 2.45) is 5.41 Å². The van der Waals surface area contributed by atoms with Crippen LogP contribution in [0.1, 0.15) is 119 Å². The van der Waals surface area contributed by atoms with Crippen LogP contribution >= 0.6 is 0 Å². The van der Waals surface area contributed by atoms with Gasteiger partial charge in [0.2, 0.25) is 35.4 Å². The number of likely N-dealkylation sites (tertiary alicyclic amines) is 1. The molecule has 7 rings (SSSR count). The highest BCUT2D eigenvalue weighted by molar-refractivity contribution is 6.79. The number of likely N-dealkylation sites (N-methyl/N-ethyl adjacent to an activating group) is 2. The molecule has 0 spiro atoms. The standard InChI is InChI=1S/C58H79N9O7Si/c1-36(59-6)52(69)64-47(56(73)67-35-75(8,9)34-49(67)55(72)63-46-23-15-19-41-17-11-13-21-44(41)46)30-28-38-24-26-39(27-25-38)29-31-50(68)61-42-32-48(54(71)62-45-22-14-18-40-16-10-12-20-43(40)45)66(33-42)57(74)51(58(3,4)5)65-53(70)37(2)60-7/h10-13,16-17,20-21,24-27,36-37,42,45-49,51,59-60H,14-15,18-19,22-23,28,30,32-35H2,1-9H3,(H,61,68)(H,62,71)(H,63,72)(H,64,69)(H,65,70)/t36-,37-,42-,45+,46+,47-,48-,49-,51+/m0/s1. The fourth-order valence-corrected chi connectivity index (χ4v) is 13.9. The summed E-state index contributed by atoms with van der Waals surface area (Å²) in [6, 6.07) is 18.8. The fraction of sp³-hybridized carbons (Fsp3) is 0.534. The van der Waals surface area contributed by atoms with Crippen LogP contribution in [0.25, 0.3) is 0 Å². The average molecular weight is 1040 g/mol. The molecule has 2 aliphatic carbocycles. The summed E-state index contributed by atoms with van der Waals surface area (Å²) >= 11 is 0. The Balaban J connectivity index is 1.01. The maximum Gasteiger partial charge on any atom is 0.296 e. The van der Waals surface area contributed by atoms with Gasteiger partial charge in [0.1, 0.15) is 24.2 Å². The lowest BCUT2D eigenvalue weighted by molar-refractivity contribution is -0.144. The number of hydrogen-bond donors (Lipinski definition) is 7. The van der Waals surface area contributed by atoms with Crippen LogP contribution in [-0.4, -0.2) is 128 Å². The summed E-state index contributed by atoms with van der Waals surface area (Å²) in [5, 5.41) is 21.3. The molecule has 2 heterocycles. The highest BCUT2D eigenvalue weighted by atomic mass is 28.3. The molecule has 0 saturated carbocycles. The van der Waals surface area contributed by atoms with Crippen molar-refractivity contribution in [1.82, 2.24) is 47.0 Å². The van der Waals surface area contributed by atoms with Gasteiger partial charge in [0.15, 0.2) is 0 Å². The van der Waals surface area contributed by atoms with E-state index in [1.165, 1.54) is 16.0 Å². The molecule has 4 aliphatic rings. The third kappa shape index (κ3) is 14.1. The van der Waals surface area contributed by atoms with Gasteiger partial charge in [-0.1, -0.05) is 100 Å². The molecular formula is C58H79N9O7Si. The smallest absolute Gasteiger partial charge is 0.296 e. The second kappa shape index (κ2) is 24.5. The van der Waals surface area contributed by atoms with E-state index in [-0.39, 0.29) is 54.6 Å². The van der Waals surface area contributed by atoms with Gasteiger partial charge in [0.05, 0.1) is 32.2 Å². The molecule has 7 N–H and O–H groups in total. The van der Waals surface area contributed by atoms with E-state index in [1.54, 1.807) is 45.0 Å². The Morgan fingerprint density at radius 3 is 1.80 bits per heavy atom. The number of amides is 7. The number of nitrogens with zero attached hydrogens (tertiary/aromatic N) is 2. The minimum atomic E-state index is -1.99. The van der Waals surface area contributed by atoms with Crippen LogP contribution in [-0.2, 0) is 52.8 Å². The van der Waals surface area contributed by atoms with E-state index in [0.29, 0.717) is 30.6 Å². The van der Waals surface area contributed by atoms with E-state index < -0.39 is 67.6 Å². The quantitative estimate of drug-likeness (QED) is 0.0812. The third-order valence-corrected chi connectivity index (χ3v) is 18.3. The second-order valence-electron chi connectivity index (χ2n) is 22.9. The zero-order valence-electron chi connectivity index (χ0n) is 45.4. The highest BCUT2D eigenvalue weighted by Crippen LogP contribution is 2.34. The van der Waals surface area contributed by atoms with Crippen LogP contribution in [0.2, 0.25) is 19.1 Å². The first-order valence-corrected chi connectivity index (χ1v) is 30.3. The van der Waals surface area contributed by atoms with E-state index in [2.05, 4.69) is 80.4 Å². The minimum absolute atomic E-state index is 0.0446. The van der Waals surface area contributed by atoms with Crippen molar-refractivity contribution in [3.8, 4) is 11.8 Å². The van der Waals surface area contributed by atoms with Gasteiger partial charge in [-0.3, -0.25) is 33.6 Å². The molecule has 17 heteroatoms. The van der Waals surface area contributed by atoms with Crippen LogP contribution in [0.4, 0.5) is 0 Å². The Bertz CT molecular complexity index is 2660. The first-order valence-electron chi connectivity index (χ1n) is 26.9. The lowest BCUT2D eigenvalue weighted by atomic mass is 9.85. The second-order valence-corrected chi connectivity index (χ2v) is 28.0. The van der Waals surface area contributed by atoms with Gasteiger partial charge in [-0.05, 0) is 137 Å². The van der Waals surface area contributed by atoms with Gasteiger partial charge in [-0.15, -0.1) is 0 Å². The van der Waals surface area contributed by atoms with E-state index in [9.17, 15) is 33.6 Å². The van der Waals surface area contributed by atoms with Crippen molar-refractivity contribution in [3.63, 3.8) is 0 Å². The molecule has 402 valence electrons. The van der Waals surface area contributed by atoms with Crippen LogP contribution < -0.4 is 37.2 Å². The number of fused-ring (bicyclic) bond motifs is 2. The third-order valence-electron chi connectivity index (χ3n) is 15.6. The fourth-order valence-electron chi connectivity index (χ4n) is 11.0. The number of rotatable bonds is 16. The number of benzene rings is 3. The van der Waals surface area contributed by atoms with Crippen molar-refractivity contribution in [1.29, 1.82) is 0 Å². The summed E-state index contributed by atoms with van der Waals surface area (Å²) in [5.74, 6) is 3.25. The number of carbonyl (C=O) groups is 7. The molecule has 3 aromatic rings. The monoisotopic (exact) mass is 1040 g/mol. The maximum absolute atomic E-state index is 14.6. The van der Waals surface area contributed by atoms with Crippen LogP contribution in [0.5, 0.6) is 0 Å². The molecule has 2 fully saturated rings. The topological polar surface area (TPSA) is 210 Å². The largest absolute Gasteiger partial charge is 0.348 e. The van der Waals surface area contributed by atoms with Gasteiger partial charge in [-0.2, -0.15) is 0 Å². The van der Waals surface area contributed by atoms with Crippen molar-refractivity contribution in [2.45, 2.75) is 166 Å². The first-order chi connectivity index (χ1) is 35.7. The summed E-state index contributed by atoms with van der Waals surface area (Å²) in [6.45, 7) is 13.5. The molecule has 0 radical (unpaired) electrons. The maximum atomic E-state index is 14.6. The molecule has 75 heavy (non-hydrogen) atoms. The van der Waals surface area contributed by atoms with Gasteiger partial charge in [0.25, 0.3) is 5.91 Å². The molecule has 2 aliphatic heterocycles. The molecule has 3 aromatic carbocycles. The van der Waals surface area contributed by atoms with Crippen molar-refractivity contribution in [2.75, 3.05) is 26.8 Å². The van der Waals surface area contributed by atoms with Crippen molar-refractivity contribution >= 4 is 49.4 Å². The first kappa shape index (κ1) is 56.4. The normalized spacial score (nSPS) is 22.4. The summed E-state index contributed by atoms with van der Waals surface area (Å²) in [7, 11) is 1.37. The Kier molecular flexibility index (Phi) is 18.4. The highest BCUT2D eigenvalue weighted by Gasteiger charge is 2.48. The van der Waals surface area contributed by atoms with Crippen molar-refractivity contribution in [3.05, 3.63) is 106 Å². The molecule has 16 nitrogen and oxygen atoms in total. The molecule has 2 saturated heterocycles. The van der Waals surface area contributed by atoms with Gasteiger partial charge < -0.3 is 47.0 Å². The Hall–Kier alpha value is -6.35. The summed E-state index contributed by atoms with van der Waals surface area (Å²) in [4.78, 5) is 101. The lowest BCUT2D eigenvalue weighted by Crippen LogP contribution is -2.59.